The first-order valence-corrected chi connectivity index (χ1v) is 9.15. The Kier molecular flexibility index (Phi) is 6.21. The fourth-order valence-corrected chi connectivity index (χ4v) is 2.96. The maximum atomic E-state index is 13.1. The van der Waals surface area contributed by atoms with E-state index in [1.807, 2.05) is 0 Å². The van der Waals surface area contributed by atoms with E-state index in [4.69, 9.17) is 5.73 Å². The van der Waals surface area contributed by atoms with Crippen LogP contribution in [-0.4, -0.2) is 32.5 Å². The lowest BCUT2D eigenvalue weighted by atomic mass is 10.1. The molecular formula is C17H15F3N2O4S. The molecule has 0 bridgehead atoms. The quantitative estimate of drug-likeness (QED) is 0.771. The molecule has 144 valence electrons. The van der Waals surface area contributed by atoms with Gasteiger partial charge in [-0.05, 0) is 48.5 Å². The van der Waals surface area contributed by atoms with Gasteiger partial charge in [-0.15, -0.1) is 0 Å². The number of anilines is 1. The number of primary amides is 1. The van der Waals surface area contributed by atoms with Gasteiger partial charge in [0.1, 0.15) is 5.82 Å². The fraction of sp³-hybridized carbons (Fsp3) is 0.176. The van der Waals surface area contributed by atoms with Crippen LogP contribution in [0.15, 0.2) is 53.4 Å². The van der Waals surface area contributed by atoms with E-state index in [2.05, 4.69) is 0 Å². The predicted octanol–water partition coefficient (Wildman–Crippen LogP) is 2.34. The van der Waals surface area contributed by atoms with E-state index < -0.39 is 38.1 Å². The first-order valence-electron chi connectivity index (χ1n) is 7.61. The second-order valence-corrected chi connectivity index (χ2v) is 7.40. The molecule has 0 aliphatic rings. The monoisotopic (exact) mass is 400 g/mol. The lowest BCUT2D eigenvalue weighted by molar-refractivity contribution is -0.117. The summed E-state index contributed by atoms with van der Waals surface area (Å²) in [6.45, 7) is -0.100. The summed E-state index contributed by atoms with van der Waals surface area (Å²) in [4.78, 5) is 24.3. The third-order valence-corrected chi connectivity index (χ3v) is 5.03. The molecular weight excluding hydrogens is 385 g/mol. The van der Waals surface area contributed by atoms with Crippen molar-refractivity contribution in [1.82, 2.24) is 0 Å². The summed E-state index contributed by atoms with van der Waals surface area (Å²) in [5.41, 5.74) is 5.38. The molecule has 0 heterocycles. The molecule has 2 amide bonds. The Morgan fingerprint density at radius 1 is 1.00 bits per heavy atom. The van der Waals surface area contributed by atoms with Gasteiger partial charge in [-0.2, -0.15) is 8.78 Å². The number of halogens is 3. The molecule has 2 aromatic rings. The molecule has 6 nitrogen and oxygen atoms in total. The van der Waals surface area contributed by atoms with Crippen LogP contribution in [0.3, 0.4) is 0 Å². The Morgan fingerprint density at radius 3 is 2.04 bits per heavy atom. The molecule has 27 heavy (non-hydrogen) atoms. The second-order valence-electron chi connectivity index (χ2n) is 5.48. The Hall–Kier alpha value is -2.88. The summed E-state index contributed by atoms with van der Waals surface area (Å²) >= 11 is 0. The number of sulfone groups is 1. The first kappa shape index (κ1) is 20.4. The maximum Gasteiger partial charge on any atom is 0.341 e. The van der Waals surface area contributed by atoms with Crippen molar-refractivity contribution in [3.63, 3.8) is 0 Å². The number of carbonyl (C=O) groups is 2. The van der Waals surface area contributed by atoms with Gasteiger partial charge in [-0.3, -0.25) is 9.59 Å². The van der Waals surface area contributed by atoms with Crippen molar-refractivity contribution < 1.29 is 31.2 Å². The van der Waals surface area contributed by atoms with Gasteiger partial charge in [0, 0.05) is 24.2 Å². The van der Waals surface area contributed by atoms with E-state index in [0.717, 1.165) is 41.3 Å². The number of hydrogen-bond donors (Lipinski definition) is 1. The summed E-state index contributed by atoms with van der Waals surface area (Å²) in [7, 11) is -4.78. The molecule has 0 radical (unpaired) electrons. The minimum Gasteiger partial charge on any atom is -0.370 e. The highest BCUT2D eigenvalue weighted by Gasteiger charge is 2.27. The minimum absolute atomic E-state index is 0.00277. The lowest BCUT2D eigenvalue weighted by Crippen LogP contribution is -2.34. The number of nitrogens with zero attached hydrogens (tertiary/aromatic N) is 1. The van der Waals surface area contributed by atoms with Crippen LogP contribution < -0.4 is 10.6 Å². The summed E-state index contributed by atoms with van der Waals surface area (Å²) < 4.78 is 61.2. The molecule has 0 atom stereocenters. The number of amides is 2. The van der Waals surface area contributed by atoms with E-state index in [1.165, 1.54) is 12.1 Å². The Labute approximate surface area is 153 Å². The average molecular weight is 400 g/mol. The first-order chi connectivity index (χ1) is 12.6. The zero-order valence-electron chi connectivity index (χ0n) is 13.8. The summed E-state index contributed by atoms with van der Waals surface area (Å²) in [5.74, 6) is -5.40. The van der Waals surface area contributed by atoms with E-state index in [-0.39, 0.29) is 24.2 Å². The zero-order chi connectivity index (χ0) is 20.2. The number of nitrogens with two attached hydrogens (primary N) is 1. The van der Waals surface area contributed by atoms with E-state index in [0.29, 0.717) is 0 Å². The number of alkyl halides is 2. The van der Waals surface area contributed by atoms with Gasteiger partial charge < -0.3 is 10.6 Å². The van der Waals surface area contributed by atoms with Crippen molar-refractivity contribution in [3.05, 3.63) is 59.9 Å². The van der Waals surface area contributed by atoms with Crippen molar-refractivity contribution >= 4 is 27.3 Å². The molecule has 2 N–H and O–H groups in total. The van der Waals surface area contributed by atoms with Crippen molar-refractivity contribution in [2.45, 2.75) is 17.1 Å². The van der Waals surface area contributed by atoms with Gasteiger partial charge in [0.25, 0.3) is 5.91 Å². The molecule has 0 aliphatic carbocycles. The molecule has 0 fully saturated rings. The van der Waals surface area contributed by atoms with E-state index in [9.17, 15) is 31.2 Å². The normalized spacial score (nSPS) is 11.4. The van der Waals surface area contributed by atoms with Crippen molar-refractivity contribution in [1.29, 1.82) is 0 Å². The fourth-order valence-electron chi connectivity index (χ4n) is 2.24. The third-order valence-electron chi connectivity index (χ3n) is 3.63. The highest BCUT2D eigenvalue weighted by molar-refractivity contribution is 7.91. The van der Waals surface area contributed by atoms with Gasteiger partial charge in [-0.1, -0.05) is 0 Å². The molecule has 2 aromatic carbocycles. The van der Waals surface area contributed by atoms with E-state index in [1.54, 1.807) is 0 Å². The average Bonchev–Trinajstić information content (AvgIpc) is 2.62. The van der Waals surface area contributed by atoms with Gasteiger partial charge in [-0.25, -0.2) is 12.8 Å². The standard InChI is InChI=1S/C17H15F3N2O4S/c18-12-3-5-13(6-4-12)22(10-9-15(21)23)16(24)11-1-7-14(8-2-11)27(25,26)17(19)20/h1-8,17H,9-10H2,(H2,21,23). The number of benzene rings is 2. The van der Waals surface area contributed by atoms with Crippen LogP contribution in [0.5, 0.6) is 0 Å². The smallest absolute Gasteiger partial charge is 0.341 e. The number of carbonyl (C=O) groups excluding carboxylic acids is 2. The van der Waals surface area contributed by atoms with E-state index >= 15 is 0 Å². The van der Waals surface area contributed by atoms with Gasteiger partial charge in [0.2, 0.25) is 15.7 Å². The lowest BCUT2D eigenvalue weighted by Gasteiger charge is -2.22. The largest absolute Gasteiger partial charge is 0.370 e. The number of rotatable bonds is 7. The summed E-state index contributed by atoms with van der Waals surface area (Å²) in [6, 6.07) is 8.85. The maximum absolute atomic E-state index is 13.1. The Bertz CT molecular complexity index is 930. The summed E-state index contributed by atoms with van der Waals surface area (Å²) in [5, 5.41) is 0. The molecule has 0 spiro atoms. The van der Waals surface area contributed by atoms with Crippen LogP contribution in [-0.2, 0) is 14.6 Å². The third kappa shape index (κ3) is 4.85. The van der Waals surface area contributed by atoms with Crippen LogP contribution in [0.2, 0.25) is 0 Å². The highest BCUT2D eigenvalue weighted by atomic mass is 32.2. The van der Waals surface area contributed by atoms with Crippen LogP contribution >= 0.6 is 0 Å². The number of hydrogen-bond acceptors (Lipinski definition) is 4. The molecule has 2 rings (SSSR count). The zero-order valence-corrected chi connectivity index (χ0v) is 14.6. The van der Waals surface area contributed by atoms with Gasteiger partial charge in [0.15, 0.2) is 0 Å². The minimum atomic E-state index is -4.78. The van der Waals surface area contributed by atoms with Gasteiger partial charge >= 0.3 is 5.76 Å². The molecule has 10 heteroatoms. The predicted molar refractivity (Wildman–Crippen MR) is 91.5 cm³/mol. The Morgan fingerprint density at radius 2 is 1.56 bits per heavy atom. The molecule has 0 aromatic heterocycles. The topological polar surface area (TPSA) is 97.5 Å². The van der Waals surface area contributed by atoms with Crippen LogP contribution in [0, 0.1) is 5.82 Å². The molecule has 0 aliphatic heterocycles. The molecule has 0 saturated heterocycles. The van der Waals surface area contributed by atoms with Crippen molar-refractivity contribution in [2.75, 3.05) is 11.4 Å². The Balaban J connectivity index is 2.34. The second kappa shape index (κ2) is 8.21. The summed E-state index contributed by atoms with van der Waals surface area (Å²) in [6.07, 6.45) is -0.166. The SMILES string of the molecule is NC(=O)CCN(C(=O)c1ccc(S(=O)(=O)C(F)F)cc1)c1ccc(F)cc1. The molecule has 0 saturated carbocycles. The van der Waals surface area contributed by atoms with Crippen molar-refractivity contribution in [3.8, 4) is 0 Å². The van der Waals surface area contributed by atoms with Crippen molar-refractivity contribution in [2.24, 2.45) is 5.73 Å². The van der Waals surface area contributed by atoms with Crippen LogP contribution in [0.4, 0.5) is 18.9 Å². The van der Waals surface area contributed by atoms with Crippen LogP contribution in [0.25, 0.3) is 0 Å². The van der Waals surface area contributed by atoms with Crippen LogP contribution in [0.1, 0.15) is 16.8 Å². The molecule has 0 unspecified atom stereocenters. The van der Waals surface area contributed by atoms with Gasteiger partial charge in [0.05, 0.1) is 4.90 Å². The highest BCUT2D eigenvalue weighted by Crippen LogP contribution is 2.22.